The van der Waals surface area contributed by atoms with Crippen LogP contribution in [0.2, 0.25) is 58.9 Å². The van der Waals surface area contributed by atoms with Crippen molar-refractivity contribution in [3.05, 3.63) is 29.5 Å². The van der Waals surface area contributed by atoms with Crippen molar-refractivity contribution in [2.45, 2.75) is 58.9 Å². The number of carbonyl (C=O) groups excluding carboxylic acids is 1. The highest BCUT2D eigenvalue weighted by Gasteiger charge is 2.25. The van der Waals surface area contributed by atoms with Gasteiger partial charge in [0.1, 0.15) is 11.5 Å². The molecule has 0 aliphatic heterocycles. The number of benzene rings is 1. The predicted molar refractivity (Wildman–Crippen MR) is 119 cm³/mol. The molecule has 0 unspecified atom stereocenters. The van der Waals surface area contributed by atoms with Gasteiger partial charge < -0.3 is 18.0 Å². The van der Waals surface area contributed by atoms with E-state index in [-0.39, 0.29) is 5.76 Å². The zero-order chi connectivity index (χ0) is 21.0. The summed E-state index contributed by atoms with van der Waals surface area (Å²) in [6.45, 7) is 18.9. The van der Waals surface area contributed by atoms with Crippen LogP contribution in [0.3, 0.4) is 0 Å². The van der Waals surface area contributed by atoms with Gasteiger partial charge in [0.2, 0.25) is 25.0 Å². The van der Waals surface area contributed by atoms with Crippen molar-refractivity contribution in [2.75, 3.05) is 7.11 Å². The molecule has 1 rings (SSSR count). The Labute approximate surface area is 167 Å². The number of hydrogen-bond acceptors (Lipinski definition) is 5. The summed E-state index contributed by atoms with van der Waals surface area (Å²) >= 11 is 0. The summed E-state index contributed by atoms with van der Waals surface area (Å²) in [5.41, 5.74) is 0.810. The van der Waals surface area contributed by atoms with Crippen molar-refractivity contribution in [3.63, 3.8) is 0 Å². The third kappa shape index (κ3) is 9.30. The Morgan fingerprint density at radius 3 is 1.78 bits per heavy atom. The molecule has 0 aromatic heterocycles. The van der Waals surface area contributed by atoms with Crippen molar-refractivity contribution in [3.8, 4) is 11.5 Å². The molecular formula is C19H34O5Si3. The van der Waals surface area contributed by atoms with Gasteiger partial charge in [-0.15, -0.1) is 0 Å². The summed E-state index contributed by atoms with van der Waals surface area (Å²) in [4.78, 5) is 12.1. The topological polar surface area (TPSA) is 54.0 Å². The van der Waals surface area contributed by atoms with E-state index in [0.717, 1.165) is 11.3 Å². The monoisotopic (exact) mass is 426 g/mol. The lowest BCUT2D eigenvalue weighted by Gasteiger charge is -2.26. The number of rotatable bonds is 8. The normalized spacial score (nSPS) is 13.2. The predicted octanol–water partition coefficient (Wildman–Crippen LogP) is 5.48. The zero-order valence-electron chi connectivity index (χ0n) is 18.4. The first-order chi connectivity index (χ1) is 12.1. The van der Waals surface area contributed by atoms with Crippen LogP contribution in [0.15, 0.2) is 24.0 Å². The molecule has 1 aromatic carbocycles. The average Bonchev–Trinajstić information content (AvgIpc) is 2.44. The van der Waals surface area contributed by atoms with Crippen molar-refractivity contribution in [1.82, 2.24) is 0 Å². The maximum Gasteiger partial charge on any atom is 0.371 e. The van der Waals surface area contributed by atoms with E-state index < -0.39 is 30.9 Å². The van der Waals surface area contributed by atoms with Crippen LogP contribution < -0.4 is 8.85 Å². The average molecular weight is 427 g/mol. The fourth-order valence-corrected chi connectivity index (χ4v) is 4.60. The fourth-order valence-electron chi connectivity index (χ4n) is 2.15. The Morgan fingerprint density at radius 1 is 0.815 bits per heavy atom. The van der Waals surface area contributed by atoms with E-state index in [2.05, 4.69) is 39.3 Å². The van der Waals surface area contributed by atoms with Gasteiger partial charge in [-0.2, -0.15) is 0 Å². The van der Waals surface area contributed by atoms with Gasteiger partial charge in [0, 0.05) is 0 Å². The number of ether oxygens (including phenoxy) is 1. The first-order valence-corrected chi connectivity index (χ1v) is 19.3. The number of methoxy groups -OCH3 is 1. The summed E-state index contributed by atoms with van der Waals surface area (Å²) in [7, 11) is -4.22. The Hall–Kier alpha value is -1.52. The van der Waals surface area contributed by atoms with Gasteiger partial charge in [-0.05, 0) is 82.7 Å². The molecule has 0 amide bonds. The minimum Gasteiger partial charge on any atom is -0.542 e. The van der Waals surface area contributed by atoms with Crippen LogP contribution in [0.25, 0.3) is 6.08 Å². The quantitative estimate of drug-likeness (QED) is 0.238. The molecule has 152 valence electrons. The van der Waals surface area contributed by atoms with E-state index in [9.17, 15) is 4.79 Å². The lowest BCUT2D eigenvalue weighted by atomic mass is 10.2. The highest BCUT2D eigenvalue weighted by molar-refractivity contribution is 6.71. The van der Waals surface area contributed by atoms with Crippen LogP contribution in [-0.4, -0.2) is 38.0 Å². The Bertz CT molecular complexity index is 695. The smallest absolute Gasteiger partial charge is 0.371 e. The maximum absolute atomic E-state index is 12.1. The molecule has 0 aliphatic rings. The molecule has 0 saturated heterocycles. The molecule has 27 heavy (non-hydrogen) atoms. The Morgan fingerprint density at radius 2 is 1.33 bits per heavy atom. The Balaban J connectivity index is 3.37. The standard InChI is InChI=1S/C19H34O5Si3/c1-21-19(20)18(24-27(8,9)10)14-15-11-12-16(22-25(2,3)4)17(13-15)23-26(5,6)7/h11-14H,1-10H3/b18-14-. The van der Waals surface area contributed by atoms with Crippen molar-refractivity contribution < 1.29 is 22.8 Å². The first-order valence-electron chi connectivity index (χ1n) is 9.11. The summed E-state index contributed by atoms with van der Waals surface area (Å²) in [5.74, 6) is 1.20. The molecule has 0 radical (unpaired) electrons. The second-order valence-corrected chi connectivity index (χ2v) is 22.6. The first kappa shape index (κ1) is 23.5. The molecule has 5 nitrogen and oxygen atoms in total. The minimum absolute atomic E-state index is 0.217. The van der Waals surface area contributed by atoms with E-state index in [1.165, 1.54) is 7.11 Å². The second kappa shape index (κ2) is 8.66. The van der Waals surface area contributed by atoms with E-state index in [4.69, 9.17) is 18.0 Å². The van der Waals surface area contributed by atoms with Gasteiger partial charge >= 0.3 is 5.97 Å². The molecular weight excluding hydrogens is 392 g/mol. The molecule has 0 spiro atoms. The van der Waals surface area contributed by atoms with E-state index >= 15 is 0 Å². The summed E-state index contributed by atoms with van der Waals surface area (Å²) in [5, 5.41) is 0. The molecule has 0 bridgehead atoms. The molecule has 0 saturated carbocycles. The van der Waals surface area contributed by atoms with Gasteiger partial charge in [-0.25, -0.2) is 4.79 Å². The van der Waals surface area contributed by atoms with Crippen LogP contribution in [0.4, 0.5) is 0 Å². The maximum atomic E-state index is 12.1. The van der Waals surface area contributed by atoms with Crippen LogP contribution in [0, 0.1) is 0 Å². The summed E-state index contributed by atoms with van der Waals surface area (Å²) in [6.07, 6.45) is 1.71. The van der Waals surface area contributed by atoms with Crippen molar-refractivity contribution in [2.24, 2.45) is 0 Å². The second-order valence-electron chi connectivity index (χ2n) is 9.35. The lowest BCUT2D eigenvalue weighted by Crippen LogP contribution is -2.32. The van der Waals surface area contributed by atoms with Gasteiger partial charge in [-0.1, -0.05) is 6.07 Å². The van der Waals surface area contributed by atoms with Gasteiger partial charge in [0.15, 0.2) is 5.76 Å². The molecule has 0 heterocycles. The SMILES string of the molecule is COC(=O)/C(=C/c1ccc(O[Si](C)(C)C)c(O[Si](C)(C)C)c1)O[Si](C)(C)C. The number of esters is 1. The van der Waals surface area contributed by atoms with Gasteiger partial charge in [-0.3, -0.25) is 0 Å². The largest absolute Gasteiger partial charge is 0.542 e. The van der Waals surface area contributed by atoms with Crippen molar-refractivity contribution >= 4 is 37.0 Å². The molecule has 0 fully saturated rings. The van der Waals surface area contributed by atoms with Crippen molar-refractivity contribution in [1.29, 1.82) is 0 Å². The molecule has 8 heteroatoms. The minimum atomic E-state index is -1.96. The third-order valence-electron chi connectivity index (χ3n) is 2.90. The molecule has 1 aromatic rings. The Kier molecular flexibility index (Phi) is 7.54. The van der Waals surface area contributed by atoms with E-state index in [0.29, 0.717) is 5.75 Å². The summed E-state index contributed by atoms with van der Waals surface area (Å²) < 4.78 is 23.2. The lowest BCUT2D eigenvalue weighted by molar-refractivity contribution is -0.138. The molecule has 0 atom stereocenters. The van der Waals surface area contributed by atoms with Crippen LogP contribution >= 0.6 is 0 Å². The molecule has 0 N–H and O–H groups in total. The number of carbonyl (C=O) groups is 1. The van der Waals surface area contributed by atoms with Crippen LogP contribution in [-0.2, 0) is 14.0 Å². The van der Waals surface area contributed by atoms with Gasteiger partial charge in [0.25, 0.3) is 0 Å². The van der Waals surface area contributed by atoms with E-state index in [1.54, 1.807) is 6.08 Å². The fraction of sp³-hybridized carbons (Fsp3) is 0.526. The van der Waals surface area contributed by atoms with Gasteiger partial charge in [0.05, 0.1) is 7.11 Å². The zero-order valence-corrected chi connectivity index (χ0v) is 21.4. The number of hydrogen-bond donors (Lipinski definition) is 0. The third-order valence-corrected chi connectivity index (χ3v) is 5.40. The summed E-state index contributed by atoms with van der Waals surface area (Å²) in [6, 6.07) is 5.72. The van der Waals surface area contributed by atoms with Crippen LogP contribution in [0.5, 0.6) is 11.5 Å². The molecule has 0 aliphatic carbocycles. The highest BCUT2D eigenvalue weighted by Crippen LogP contribution is 2.33. The highest BCUT2D eigenvalue weighted by atomic mass is 28.4. The van der Waals surface area contributed by atoms with Crippen LogP contribution in [0.1, 0.15) is 5.56 Å². The van der Waals surface area contributed by atoms with E-state index in [1.807, 2.05) is 37.8 Å².